The van der Waals surface area contributed by atoms with Crippen LogP contribution in [0.25, 0.3) is 10.9 Å². The smallest absolute Gasteiger partial charge is 0.324 e. The predicted octanol–water partition coefficient (Wildman–Crippen LogP) is 1.85. The van der Waals surface area contributed by atoms with E-state index in [1.807, 2.05) is 24.3 Å². The zero-order valence-electron chi connectivity index (χ0n) is 13.4. The van der Waals surface area contributed by atoms with Gasteiger partial charge in [0, 0.05) is 31.6 Å². The molecule has 1 N–H and O–H groups in total. The van der Waals surface area contributed by atoms with Gasteiger partial charge in [0.05, 0.1) is 11.2 Å². The fourth-order valence-corrected chi connectivity index (χ4v) is 2.70. The number of nitrogens with one attached hydrogen (secondary N) is 1. The number of hydrogen-bond acceptors (Lipinski definition) is 4. The van der Waals surface area contributed by atoms with Crippen LogP contribution in [0.5, 0.6) is 0 Å². The van der Waals surface area contributed by atoms with Crippen molar-refractivity contribution in [1.29, 1.82) is 0 Å². The summed E-state index contributed by atoms with van der Waals surface area (Å²) in [6.45, 7) is 0.357. The number of benzene rings is 1. The van der Waals surface area contributed by atoms with Gasteiger partial charge in [0.1, 0.15) is 6.54 Å². The van der Waals surface area contributed by atoms with Gasteiger partial charge >= 0.3 is 6.03 Å². The van der Waals surface area contributed by atoms with Crippen LogP contribution in [-0.4, -0.2) is 52.8 Å². The van der Waals surface area contributed by atoms with Crippen LogP contribution in [0, 0.1) is 0 Å². The molecule has 1 aliphatic heterocycles. The fourth-order valence-electron chi connectivity index (χ4n) is 2.70. The highest BCUT2D eigenvalue weighted by atomic mass is 16.2. The van der Waals surface area contributed by atoms with E-state index in [0.717, 1.165) is 10.9 Å². The minimum atomic E-state index is -0.307. The first kappa shape index (κ1) is 15.9. The summed E-state index contributed by atoms with van der Waals surface area (Å²) in [5, 5.41) is 3.79. The second-order valence-corrected chi connectivity index (χ2v) is 5.72. The van der Waals surface area contributed by atoms with Crippen molar-refractivity contribution < 1.29 is 14.4 Å². The molecule has 7 heteroatoms. The summed E-state index contributed by atoms with van der Waals surface area (Å²) in [7, 11) is 1.58. The Bertz CT molecular complexity index is 800. The zero-order chi connectivity index (χ0) is 17.1. The Morgan fingerprint density at radius 2 is 2.04 bits per heavy atom. The van der Waals surface area contributed by atoms with Crippen molar-refractivity contribution in [3.05, 3.63) is 36.5 Å². The molecule has 0 saturated carbocycles. The normalized spacial score (nSPS) is 14.5. The number of para-hydroxylation sites is 1. The number of carbonyl (C=O) groups excluding carboxylic acids is 3. The van der Waals surface area contributed by atoms with Gasteiger partial charge in [-0.2, -0.15) is 0 Å². The maximum absolute atomic E-state index is 12.1. The van der Waals surface area contributed by atoms with E-state index in [1.165, 1.54) is 9.80 Å². The van der Waals surface area contributed by atoms with Crippen LogP contribution in [0.1, 0.15) is 12.8 Å². The van der Waals surface area contributed by atoms with Crippen molar-refractivity contribution in [2.75, 3.05) is 25.5 Å². The third-order valence-corrected chi connectivity index (χ3v) is 3.92. The van der Waals surface area contributed by atoms with E-state index in [1.54, 1.807) is 19.3 Å². The molecule has 3 rings (SSSR count). The molecule has 1 aliphatic rings. The lowest BCUT2D eigenvalue weighted by Gasteiger charge is -2.14. The van der Waals surface area contributed by atoms with Gasteiger partial charge in [-0.05, 0) is 18.6 Å². The van der Waals surface area contributed by atoms with E-state index in [-0.39, 0.29) is 37.4 Å². The molecule has 7 nitrogen and oxygen atoms in total. The molecule has 0 unspecified atom stereocenters. The number of amides is 4. The quantitative estimate of drug-likeness (QED) is 0.850. The van der Waals surface area contributed by atoms with Crippen LogP contribution in [-0.2, 0) is 9.59 Å². The topological polar surface area (TPSA) is 82.6 Å². The number of urea groups is 1. The minimum Gasteiger partial charge on any atom is -0.324 e. The van der Waals surface area contributed by atoms with E-state index in [2.05, 4.69) is 10.3 Å². The van der Waals surface area contributed by atoms with Crippen LogP contribution >= 0.6 is 0 Å². The summed E-state index contributed by atoms with van der Waals surface area (Å²) in [5.74, 6) is -0.387. The molecule has 124 valence electrons. The van der Waals surface area contributed by atoms with E-state index >= 15 is 0 Å². The number of nitrogens with zero attached hydrogens (tertiary/aromatic N) is 3. The van der Waals surface area contributed by atoms with Crippen molar-refractivity contribution in [2.45, 2.75) is 12.8 Å². The fraction of sp³-hybridized carbons (Fsp3) is 0.294. The lowest BCUT2D eigenvalue weighted by molar-refractivity contribution is -0.125. The summed E-state index contributed by atoms with van der Waals surface area (Å²) >= 11 is 0. The molecule has 1 aromatic carbocycles. The molecule has 4 amide bonds. The second-order valence-electron chi connectivity index (χ2n) is 5.72. The molecule has 0 bridgehead atoms. The molecular formula is C17H18N4O3. The van der Waals surface area contributed by atoms with E-state index in [0.29, 0.717) is 12.1 Å². The standard InChI is InChI=1S/C17H18N4O3/c1-20-11-15(23)21(17(20)24)10-4-8-14(22)19-13-7-2-5-12-6-3-9-18-16(12)13/h2-3,5-7,9H,4,8,10-11H2,1H3,(H,19,22). The molecule has 0 aliphatic carbocycles. The van der Waals surface area contributed by atoms with Gasteiger partial charge in [0.15, 0.2) is 0 Å². The molecule has 0 radical (unpaired) electrons. The molecule has 24 heavy (non-hydrogen) atoms. The average Bonchev–Trinajstić information content (AvgIpc) is 2.81. The number of pyridine rings is 1. The maximum atomic E-state index is 12.1. The van der Waals surface area contributed by atoms with Crippen molar-refractivity contribution in [2.24, 2.45) is 0 Å². The third kappa shape index (κ3) is 3.19. The highest BCUT2D eigenvalue weighted by molar-refractivity contribution is 6.02. The predicted molar refractivity (Wildman–Crippen MR) is 89.3 cm³/mol. The van der Waals surface area contributed by atoms with E-state index < -0.39 is 0 Å². The lowest BCUT2D eigenvalue weighted by Crippen LogP contribution is -2.32. The van der Waals surface area contributed by atoms with Gasteiger partial charge in [0.25, 0.3) is 0 Å². The van der Waals surface area contributed by atoms with Gasteiger partial charge in [-0.1, -0.05) is 18.2 Å². The first-order valence-corrected chi connectivity index (χ1v) is 7.75. The van der Waals surface area contributed by atoms with Crippen LogP contribution in [0.15, 0.2) is 36.5 Å². The molecule has 2 aromatic rings. The lowest BCUT2D eigenvalue weighted by atomic mass is 10.2. The van der Waals surface area contributed by atoms with Gasteiger partial charge < -0.3 is 10.2 Å². The van der Waals surface area contributed by atoms with Crippen molar-refractivity contribution in [1.82, 2.24) is 14.8 Å². The van der Waals surface area contributed by atoms with Crippen molar-refractivity contribution in [3.8, 4) is 0 Å². The monoisotopic (exact) mass is 326 g/mol. The highest BCUT2D eigenvalue weighted by Crippen LogP contribution is 2.20. The minimum absolute atomic E-state index is 0.104. The zero-order valence-corrected chi connectivity index (χ0v) is 13.4. The highest BCUT2D eigenvalue weighted by Gasteiger charge is 2.32. The third-order valence-electron chi connectivity index (χ3n) is 3.92. The van der Waals surface area contributed by atoms with E-state index in [4.69, 9.17) is 0 Å². The van der Waals surface area contributed by atoms with Crippen molar-refractivity contribution >= 4 is 34.4 Å². The summed E-state index contributed by atoms with van der Waals surface area (Å²) in [6, 6.07) is 9.05. The van der Waals surface area contributed by atoms with Crippen LogP contribution in [0.4, 0.5) is 10.5 Å². The summed E-state index contributed by atoms with van der Waals surface area (Å²) in [5.41, 5.74) is 1.39. The van der Waals surface area contributed by atoms with Crippen LogP contribution in [0.2, 0.25) is 0 Å². The SMILES string of the molecule is CN1CC(=O)N(CCCC(=O)Nc2cccc3cccnc23)C1=O. The van der Waals surface area contributed by atoms with Crippen LogP contribution in [0.3, 0.4) is 0 Å². The summed E-state index contributed by atoms with van der Waals surface area (Å²) in [4.78, 5) is 42.4. The molecule has 0 spiro atoms. The Morgan fingerprint density at radius 1 is 1.25 bits per heavy atom. The Morgan fingerprint density at radius 3 is 2.79 bits per heavy atom. The van der Waals surface area contributed by atoms with Gasteiger partial charge in [-0.15, -0.1) is 0 Å². The molecule has 1 fully saturated rings. The Balaban J connectivity index is 1.56. The number of imide groups is 1. The molecule has 1 aromatic heterocycles. The largest absolute Gasteiger partial charge is 0.326 e. The molecular weight excluding hydrogens is 308 g/mol. The van der Waals surface area contributed by atoms with E-state index in [9.17, 15) is 14.4 Å². The molecule has 0 atom stereocenters. The Hall–Kier alpha value is -2.96. The maximum Gasteiger partial charge on any atom is 0.326 e. The number of carbonyl (C=O) groups is 3. The number of fused-ring (bicyclic) bond motifs is 1. The summed E-state index contributed by atoms with van der Waals surface area (Å²) < 4.78 is 0. The van der Waals surface area contributed by atoms with Gasteiger partial charge in [-0.3, -0.25) is 19.5 Å². The van der Waals surface area contributed by atoms with Crippen LogP contribution < -0.4 is 5.32 Å². The summed E-state index contributed by atoms with van der Waals surface area (Å²) in [6.07, 6.45) is 2.33. The first-order chi connectivity index (χ1) is 11.6. The average molecular weight is 326 g/mol. The number of anilines is 1. The van der Waals surface area contributed by atoms with Gasteiger partial charge in [-0.25, -0.2) is 4.79 Å². The number of hydrogen-bond donors (Lipinski definition) is 1. The Labute approximate surface area is 139 Å². The van der Waals surface area contributed by atoms with Crippen molar-refractivity contribution in [3.63, 3.8) is 0 Å². The number of likely N-dealkylation sites (N-methyl/N-ethyl adjacent to an activating group) is 1. The first-order valence-electron chi connectivity index (χ1n) is 7.75. The molecule has 1 saturated heterocycles. The number of rotatable bonds is 5. The van der Waals surface area contributed by atoms with Gasteiger partial charge in [0.2, 0.25) is 11.8 Å². The molecule has 2 heterocycles. The number of aromatic nitrogens is 1. The Kier molecular flexibility index (Phi) is 4.41. The second kappa shape index (κ2) is 6.66.